The predicted octanol–water partition coefficient (Wildman–Crippen LogP) is 1.75. The van der Waals surface area contributed by atoms with Gasteiger partial charge < -0.3 is 0 Å². The van der Waals surface area contributed by atoms with Crippen molar-refractivity contribution < 1.29 is 19.4 Å². The van der Waals surface area contributed by atoms with Crippen molar-refractivity contribution in [3.8, 4) is 0 Å². The van der Waals surface area contributed by atoms with E-state index in [1.807, 2.05) is 0 Å². The van der Waals surface area contributed by atoms with Gasteiger partial charge in [-0.2, -0.15) is 0 Å². The Morgan fingerprint density at radius 2 is 1.00 bits per heavy atom. The first kappa shape index (κ1) is 14.9. The molecule has 0 saturated heterocycles. The van der Waals surface area contributed by atoms with Gasteiger partial charge in [-0.1, -0.05) is 12.1 Å². The van der Waals surface area contributed by atoms with E-state index in [0.717, 1.165) is 12.1 Å². The average Bonchev–Trinajstić information content (AvgIpc) is 2.42. The summed E-state index contributed by atoms with van der Waals surface area (Å²) in [4.78, 5) is 39.5. The quantitative estimate of drug-likeness (QED) is 0.461. The van der Waals surface area contributed by atoms with Crippen LogP contribution in [0.2, 0.25) is 0 Å². The number of rotatable bonds is 2. The number of nitro benzene ring substituents is 2. The van der Waals surface area contributed by atoms with E-state index >= 15 is 0 Å². The Morgan fingerprint density at radius 1 is 0.700 bits per heavy atom. The molecule has 0 N–H and O–H groups in total. The summed E-state index contributed by atoms with van der Waals surface area (Å²) in [6.45, 7) is 0. The highest BCUT2D eigenvalue weighted by molar-refractivity contribution is 6.14. The van der Waals surface area contributed by atoms with E-state index in [2.05, 4.69) is 0 Å². The fraction of sp³-hybridized carbons (Fsp3) is 0. The molecule has 0 aromatic heterocycles. The van der Waals surface area contributed by atoms with E-state index in [4.69, 9.17) is 0 Å². The summed E-state index contributed by atoms with van der Waals surface area (Å²) >= 11 is 0. The third-order valence-corrected chi connectivity index (χ3v) is 2.10. The van der Waals surface area contributed by atoms with Crippen LogP contribution < -0.4 is 0 Å². The average molecular weight is 276 g/mol. The van der Waals surface area contributed by atoms with Gasteiger partial charge >= 0.3 is 11.4 Å². The van der Waals surface area contributed by atoms with Gasteiger partial charge in [0.2, 0.25) is 0 Å². The Kier molecular flexibility index (Phi) is 4.98. The number of nitro groups is 2. The Labute approximate surface area is 112 Å². The zero-order chi connectivity index (χ0) is 15.1. The number of hydrogen-bond acceptors (Lipinski definition) is 6. The van der Waals surface area contributed by atoms with Crippen LogP contribution in [0.25, 0.3) is 0 Å². The fourth-order valence-corrected chi connectivity index (χ4v) is 1.21. The molecular formula is C12H8N2O6. The molecule has 102 valence electrons. The molecule has 1 aliphatic rings. The van der Waals surface area contributed by atoms with E-state index in [-0.39, 0.29) is 11.6 Å². The second-order valence-electron chi connectivity index (χ2n) is 3.47. The number of ketones is 2. The summed E-state index contributed by atoms with van der Waals surface area (Å²) in [6.07, 6.45) is 5.01. The molecule has 2 rings (SSSR count). The molecule has 0 unspecified atom stereocenters. The summed E-state index contributed by atoms with van der Waals surface area (Å²) in [6, 6.07) is 4.95. The third kappa shape index (κ3) is 4.26. The van der Waals surface area contributed by atoms with Crippen LogP contribution in [0.1, 0.15) is 0 Å². The molecule has 0 saturated carbocycles. The van der Waals surface area contributed by atoms with Crippen molar-refractivity contribution in [2.45, 2.75) is 0 Å². The van der Waals surface area contributed by atoms with E-state index in [0.29, 0.717) is 0 Å². The topological polar surface area (TPSA) is 120 Å². The van der Waals surface area contributed by atoms with Crippen LogP contribution in [0.5, 0.6) is 0 Å². The Hall–Kier alpha value is -3.16. The lowest BCUT2D eigenvalue weighted by Crippen LogP contribution is -1.97. The minimum Gasteiger partial charge on any atom is -0.290 e. The smallest absolute Gasteiger partial charge is 0.290 e. The van der Waals surface area contributed by atoms with Gasteiger partial charge in [0.25, 0.3) is 0 Å². The molecule has 8 nitrogen and oxygen atoms in total. The number of carbonyl (C=O) groups excluding carboxylic acids is 2. The first-order chi connectivity index (χ1) is 9.41. The van der Waals surface area contributed by atoms with Crippen molar-refractivity contribution >= 4 is 22.9 Å². The normalized spacial score (nSPS) is 12.6. The standard InChI is InChI=1S/C6H4N2O4.C6H4O2/c9-7(10)5-3-1-2-4-6(5)8(11)12;7-5-1-2-6(8)4-3-5/h1-4H;1-4H. The van der Waals surface area contributed by atoms with Crippen LogP contribution >= 0.6 is 0 Å². The van der Waals surface area contributed by atoms with Crippen molar-refractivity contribution in [1.29, 1.82) is 0 Å². The second-order valence-corrected chi connectivity index (χ2v) is 3.47. The van der Waals surface area contributed by atoms with E-state index in [1.54, 1.807) is 0 Å². The third-order valence-electron chi connectivity index (χ3n) is 2.10. The molecular weight excluding hydrogens is 268 g/mol. The molecule has 20 heavy (non-hydrogen) atoms. The Morgan fingerprint density at radius 3 is 1.25 bits per heavy atom. The number of hydrogen-bond donors (Lipinski definition) is 0. The number of carbonyl (C=O) groups is 2. The summed E-state index contributed by atoms with van der Waals surface area (Å²) in [5.74, 6) is -0.241. The minimum atomic E-state index is -0.780. The lowest BCUT2D eigenvalue weighted by Gasteiger charge is -1.91. The summed E-state index contributed by atoms with van der Waals surface area (Å²) in [7, 11) is 0. The highest BCUT2D eigenvalue weighted by Crippen LogP contribution is 2.24. The van der Waals surface area contributed by atoms with Gasteiger partial charge in [-0.25, -0.2) is 0 Å². The maximum atomic E-state index is 10.3. The van der Waals surface area contributed by atoms with Crippen LogP contribution in [-0.2, 0) is 9.59 Å². The van der Waals surface area contributed by atoms with E-state index < -0.39 is 21.2 Å². The minimum absolute atomic E-state index is 0.121. The van der Waals surface area contributed by atoms with Gasteiger partial charge in [0.15, 0.2) is 11.6 Å². The number of para-hydroxylation sites is 2. The van der Waals surface area contributed by atoms with Crippen LogP contribution in [0.15, 0.2) is 48.6 Å². The number of benzene rings is 1. The maximum absolute atomic E-state index is 10.3. The molecule has 0 radical (unpaired) electrons. The molecule has 0 atom stereocenters. The summed E-state index contributed by atoms with van der Waals surface area (Å²) in [5.41, 5.74) is -0.968. The molecule has 0 fully saturated rings. The molecule has 0 spiro atoms. The van der Waals surface area contributed by atoms with E-state index in [9.17, 15) is 29.8 Å². The summed E-state index contributed by atoms with van der Waals surface area (Å²) in [5, 5.41) is 20.5. The molecule has 8 heteroatoms. The molecule has 0 heterocycles. The molecule has 0 amide bonds. The van der Waals surface area contributed by atoms with Crippen LogP contribution in [-0.4, -0.2) is 21.4 Å². The number of nitrogens with zero attached hydrogens (tertiary/aromatic N) is 2. The van der Waals surface area contributed by atoms with Gasteiger partial charge in [0.05, 0.1) is 9.85 Å². The maximum Gasteiger partial charge on any atom is 0.346 e. The van der Waals surface area contributed by atoms with E-state index in [1.165, 1.54) is 36.4 Å². The lowest BCUT2D eigenvalue weighted by molar-refractivity contribution is -0.422. The first-order valence-corrected chi connectivity index (χ1v) is 5.23. The van der Waals surface area contributed by atoms with Gasteiger partial charge in [-0.05, 0) is 24.3 Å². The van der Waals surface area contributed by atoms with Crippen molar-refractivity contribution in [2.24, 2.45) is 0 Å². The van der Waals surface area contributed by atoms with Gasteiger partial charge in [-0.3, -0.25) is 29.8 Å². The van der Waals surface area contributed by atoms with Crippen LogP contribution in [0, 0.1) is 20.2 Å². The van der Waals surface area contributed by atoms with Gasteiger partial charge in [-0.15, -0.1) is 0 Å². The number of allylic oxidation sites excluding steroid dienone is 4. The van der Waals surface area contributed by atoms with Crippen LogP contribution in [0.4, 0.5) is 11.4 Å². The Balaban J connectivity index is 0.000000217. The first-order valence-electron chi connectivity index (χ1n) is 5.23. The zero-order valence-electron chi connectivity index (χ0n) is 9.96. The monoisotopic (exact) mass is 276 g/mol. The fourth-order valence-electron chi connectivity index (χ4n) is 1.21. The lowest BCUT2D eigenvalue weighted by atomic mass is 10.2. The predicted molar refractivity (Wildman–Crippen MR) is 68.0 cm³/mol. The summed E-state index contributed by atoms with van der Waals surface area (Å²) < 4.78 is 0. The SMILES string of the molecule is O=C1C=CC(=O)C=C1.O=[N+]([O-])c1ccccc1[N+](=O)[O-]. The molecule has 1 aromatic carbocycles. The van der Waals surface area contributed by atoms with Crippen LogP contribution in [0.3, 0.4) is 0 Å². The van der Waals surface area contributed by atoms with Crippen molar-refractivity contribution in [2.75, 3.05) is 0 Å². The Bertz CT molecular complexity index is 562. The van der Waals surface area contributed by atoms with Gasteiger partial charge in [0, 0.05) is 12.1 Å². The van der Waals surface area contributed by atoms with Crippen molar-refractivity contribution in [1.82, 2.24) is 0 Å². The van der Waals surface area contributed by atoms with Gasteiger partial charge in [0.1, 0.15) is 0 Å². The second kappa shape index (κ2) is 6.69. The molecule has 0 aliphatic heterocycles. The van der Waals surface area contributed by atoms with Crippen molar-refractivity contribution in [3.63, 3.8) is 0 Å². The largest absolute Gasteiger partial charge is 0.346 e. The zero-order valence-corrected chi connectivity index (χ0v) is 9.96. The molecule has 0 bridgehead atoms. The van der Waals surface area contributed by atoms with Crippen molar-refractivity contribution in [3.05, 3.63) is 68.8 Å². The highest BCUT2D eigenvalue weighted by atomic mass is 16.6. The molecule has 1 aliphatic carbocycles. The molecule has 1 aromatic rings. The highest BCUT2D eigenvalue weighted by Gasteiger charge is 2.21.